The molecule has 0 aliphatic heterocycles. The van der Waals surface area contributed by atoms with Crippen molar-refractivity contribution in [3.63, 3.8) is 0 Å². The van der Waals surface area contributed by atoms with E-state index in [0.717, 1.165) is 0 Å². The second kappa shape index (κ2) is 5.21. The SMILES string of the molecule is Cc1ccc(C2(c3ccc(C)cc3)C3=[C]C(C)C2=C3C(C)(C)C)cc1. The molecular weight excluding hydrogens is 300 g/mol. The van der Waals surface area contributed by atoms with Gasteiger partial charge in [0, 0.05) is 5.92 Å². The predicted octanol–water partition coefficient (Wildman–Crippen LogP) is 6.33. The average Bonchev–Trinajstić information content (AvgIpc) is 3.03. The molecule has 3 aliphatic carbocycles. The van der Waals surface area contributed by atoms with Crippen molar-refractivity contribution in [3.05, 3.63) is 93.6 Å². The van der Waals surface area contributed by atoms with Crippen LogP contribution in [0.3, 0.4) is 0 Å². The normalized spacial score (nSPS) is 21.2. The largest absolute Gasteiger partial charge is 0.0679 e. The summed E-state index contributed by atoms with van der Waals surface area (Å²) >= 11 is 0. The Kier molecular flexibility index (Phi) is 3.41. The number of hydrogen-bond acceptors (Lipinski definition) is 0. The van der Waals surface area contributed by atoms with E-state index in [1.165, 1.54) is 33.4 Å². The minimum atomic E-state index is -0.0938. The maximum absolute atomic E-state index is 3.81. The van der Waals surface area contributed by atoms with Crippen molar-refractivity contribution in [2.24, 2.45) is 11.3 Å². The summed E-state index contributed by atoms with van der Waals surface area (Å²) in [6.07, 6.45) is 3.81. The van der Waals surface area contributed by atoms with Crippen LogP contribution in [-0.2, 0) is 5.41 Å². The molecule has 2 aromatic rings. The van der Waals surface area contributed by atoms with Crippen LogP contribution in [-0.4, -0.2) is 0 Å². The summed E-state index contributed by atoms with van der Waals surface area (Å²) in [4.78, 5) is 0. The maximum Gasteiger partial charge on any atom is 0.0679 e. The molecule has 2 bridgehead atoms. The molecule has 0 spiro atoms. The van der Waals surface area contributed by atoms with Crippen LogP contribution in [0.25, 0.3) is 0 Å². The van der Waals surface area contributed by atoms with Crippen molar-refractivity contribution in [2.45, 2.75) is 47.0 Å². The molecule has 0 amide bonds. The highest BCUT2D eigenvalue weighted by Gasteiger charge is 2.59. The molecule has 5 rings (SSSR count). The fourth-order valence-electron chi connectivity index (χ4n) is 4.74. The highest BCUT2D eigenvalue weighted by atomic mass is 14.6. The highest BCUT2D eigenvalue weighted by Crippen LogP contribution is 2.67. The van der Waals surface area contributed by atoms with Crippen molar-refractivity contribution in [1.29, 1.82) is 0 Å². The van der Waals surface area contributed by atoms with Crippen molar-refractivity contribution < 1.29 is 0 Å². The van der Waals surface area contributed by atoms with Crippen LogP contribution in [0.4, 0.5) is 0 Å². The maximum atomic E-state index is 3.81. The zero-order valence-electron chi connectivity index (χ0n) is 16.2. The number of hydrogen-bond donors (Lipinski definition) is 0. The van der Waals surface area contributed by atoms with Crippen molar-refractivity contribution >= 4 is 0 Å². The van der Waals surface area contributed by atoms with Gasteiger partial charge in [0.2, 0.25) is 0 Å². The van der Waals surface area contributed by atoms with Gasteiger partial charge in [-0.2, -0.15) is 0 Å². The summed E-state index contributed by atoms with van der Waals surface area (Å²) in [7, 11) is 0. The smallest absolute Gasteiger partial charge is 0.0590 e. The molecule has 25 heavy (non-hydrogen) atoms. The summed E-state index contributed by atoms with van der Waals surface area (Å²) in [5.41, 5.74) is 9.97. The Morgan fingerprint density at radius 1 is 0.800 bits per heavy atom. The third-order valence-corrected chi connectivity index (χ3v) is 5.81. The van der Waals surface area contributed by atoms with E-state index < -0.39 is 0 Å². The Morgan fingerprint density at radius 2 is 1.24 bits per heavy atom. The van der Waals surface area contributed by atoms with Crippen LogP contribution in [0.5, 0.6) is 0 Å². The van der Waals surface area contributed by atoms with Crippen LogP contribution in [0, 0.1) is 31.3 Å². The summed E-state index contributed by atoms with van der Waals surface area (Å²) in [6, 6.07) is 18.2. The zero-order chi connectivity index (χ0) is 18.0. The minimum Gasteiger partial charge on any atom is -0.0590 e. The lowest BCUT2D eigenvalue weighted by Crippen LogP contribution is -2.43. The van der Waals surface area contributed by atoms with Gasteiger partial charge in [0.1, 0.15) is 0 Å². The van der Waals surface area contributed by atoms with Gasteiger partial charge in [-0.15, -0.1) is 0 Å². The van der Waals surface area contributed by atoms with Crippen LogP contribution in [0.1, 0.15) is 49.9 Å². The lowest BCUT2D eigenvalue weighted by molar-refractivity contribution is 0.448. The van der Waals surface area contributed by atoms with Gasteiger partial charge in [0.15, 0.2) is 0 Å². The topological polar surface area (TPSA) is 0 Å². The Balaban J connectivity index is 2.01. The number of fused-ring (bicyclic) bond motifs is 1. The molecule has 0 fully saturated rings. The van der Waals surface area contributed by atoms with E-state index in [4.69, 9.17) is 0 Å². The monoisotopic (exact) mass is 327 g/mol. The Bertz CT molecular complexity index is 835. The lowest BCUT2D eigenvalue weighted by atomic mass is 9.52. The van der Waals surface area contributed by atoms with Crippen LogP contribution >= 0.6 is 0 Å². The molecule has 1 radical (unpaired) electrons. The third kappa shape index (κ3) is 2.13. The van der Waals surface area contributed by atoms with Crippen molar-refractivity contribution in [1.82, 2.24) is 0 Å². The van der Waals surface area contributed by atoms with E-state index >= 15 is 0 Å². The molecule has 0 heterocycles. The molecular formula is C25H27. The first kappa shape index (κ1) is 16.4. The van der Waals surface area contributed by atoms with Crippen LogP contribution < -0.4 is 0 Å². The van der Waals surface area contributed by atoms with Gasteiger partial charge in [0.25, 0.3) is 0 Å². The van der Waals surface area contributed by atoms with Crippen molar-refractivity contribution in [2.75, 3.05) is 0 Å². The highest BCUT2D eigenvalue weighted by molar-refractivity contribution is 5.77. The number of rotatable bonds is 2. The molecule has 2 aromatic carbocycles. The molecule has 0 saturated heterocycles. The van der Waals surface area contributed by atoms with E-state index in [1.807, 2.05) is 0 Å². The van der Waals surface area contributed by atoms with E-state index in [9.17, 15) is 0 Å². The van der Waals surface area contributed by atoms with E-state index in [0.29, 0.717) is 5.92 Å². The summed E-state index contributed by atoms with van der Waals surface area (Å²) in [5.74, 6) is 0.395. The Morgan fingerprint density at radius 3 is 1.56 bits per heavy atom. The summed E-state index contributed by atoms with van der Waals surface area (Å²) in [6.45, 7) is 13.6. The standard InChI is InChI=1S/C25H27/c1-16-7-11-19(12-8-16)25(20-13-9-17(2)10-14-20)21-15-18(3)22(25)23(21)24(4,5)6/h7-14,18H,1-6H3. The van der Waals surface area contributed by atoms with Gasteiger partial charge in [-0.25, -0.2) is 0 Å². The fraction of sp³-hybridized carbons (Fsp3) is 0.360. The van der Waals surface area contributed by atoms with Crippen LogP contribution in [0.15, 0.2) is 65.3 Å². The molecule has 3 aliphatic rings. The first-order chi connectivity index (χ1) is 11.8. The van der Waals surface area contributed by atoms with Gasteiger partial charge < -0.3 is 0 Å². The molecule has 0 nitrogen and oxygen atoms in total. The number of aryl methyl sites for hydroxylation is 2. The number of allylic oxidation sites excluding steroid dienone is 4. The minimum absolute atomic E-state index is 0.0938. The Hall–Kier alpha value is -2.08. The van der Waals surface area contributed by atoms with Gasteiger partial charge in [0.05, 0.1) is 5.41 Å². The molecule has 1 atom stereocenters. The van der Waals surface area contributed by atoms with Crippen LogP contribution in [0.2, 0.25) is 0 Å². The molecule has 0 aromatic heterocycles. The van der Waals surface area contributed by atoms with Gasteiger partial charge in [-0.1, -0.05) is 87.4 Å². The second-order valence-electron chi connectivity index (χ2n) is 8.76. The van der Waals surface area contributed by atoms with Crippen molar-refractivity contribution in [3.8, 4) is 0 Å². The molecule has 0 N–H and O–H groups in total. The van der Waals surface area contributed by atoms with Gasteiger partial charge in [-0.3, -0.25) is 0 Å². The van der Waals surface area contributed by atoms with Gasteiger partial charge >= 0.3 is 0 Å². The van der Waals surface area contributed by atoms with E-state index in [1.54, 1.807) is 5.57 Å². The average molecular weight is 327 g/mol. The number of benzene rings is 2. The second-order valence-corrected chi connectivity index (χ2v) is 8.76. The lowest BCUT2D eigenvalue weighted by Gasteiger charge is -2.50. The van der Waals surface area contributed by atoms with Gasteiger partial charge in [-0.05, 0) is 53.2 Å². The summed E-state index contributed by atoms with van der Waals surface area (Å²) < 4.78 is 0. The zero-order valence-corrected chi connectivity index (χ0v) is 16.2. The quantitative estimate of drug-likeness (QED) is 0.605. The van der Waals surface area contributed by atoms with E-state index in [-0.39, 0.29) is 10.8 Å². The third-order valence-electron chi connectivity index (χ3n) is 5.81. The van der Waals surface area contributed by atoms with E-state index in [2.05, 4.69) is 96.1 Å². The molecule has 127 valence electrons. The predicted molar refractivity (Wildman–Crippen MR) is 106 cm³/mol. The Labute approximate surface area is 152 Å². The molecule has 1 unspecified atom stereocenters. The molecule has 0 heteroatoms. The first-order valence-electron chi connectivity index (χ1n) is 9.30. The molecule has 0 saturated carbocycles. The summed E-state index contributed by atoms with van der Waals surface area (Å²) in [5, 5.41) is 0. The first-order valence-corrected chi connectivity index (χ1v) is 9.30. The fourth-order valence-corrected chi connectivity index (χ4v) is 4.74.